The Labute approximate surface area is 151 Å². The van der Waals surface area contributed by atoms with E-state index in [1.807, 2.05) is 17.9 Å². The predicted octanol–water partition coefficient (Wildman–Crippen LogP) is 1.78. The molecule has 0 saturated carbocycles. The monoisotopic (exact) mass is 347 g/mol. The highest BCUT2D eigenvalue weighted by Crippen LogP contribution is 2.25. The van der Waals surface area contributed by atoms with Crippen LogP contribution in [0.25, 0.3) is 0 Å². The highest BCUT2D eigenvalue weighted by molar-refractivity contribution is 5.93. The van der Waals surface area contributed by atoms with Crippen LogP contribution in [0, 0.1) is 5.92 Å². The summed E-state index contributed by atoms with van der Waals surface area (Å²) in [7, 11) is 2.21. The van der Waals surface area contributed by atoms with E-state index < -0.39 is 0 Å². The zero-order valence-corrected chi connectivity index (χ0v) is 16.2. The lowest BCUT2D eigenvalue weighted by Gasteiger charge is -2.50. The Kier molecular flexibility index (Phi) is 5.79. The van der Waals surface area contributed by atoms with Crippen LogP contribution in [0.2, 0.25) is 0 Å². The van der Waals surface area contributed by atoms with Crippen LogP contribution in [-0.4, -0.2) is 82.2 Å². The minimum absolute atomic E-state index is 0.128. The Morgan fingerprint density at radius 2 is 1.96 bits per heavy atom. The van der Waals surface area contributed by atoms with Crippen molar-refractivity contribution in [3.05, 3.63) is 18.0 Å². The average Bonchev–Trinajstić information content (AvgIpc) is 3.01. The molecule has 2 saturated heterocycles. The molecule has 0 radical (unpaired) electrons. The number of nitrogens with zero attached hydrogens (tertiary/aromatic N) is 5. The molecule has 0 aromatic carbocycles. The fourth-order valence-electron chi connectivity index (χ4n) is 4.10. The third-order valence-corrected chi connectivity index (χ3v) is 5.59. The van der Waals surface area contributed by atoms with Crippen molar-refractivity contribution in [2.45, 2.75) is 52.2 Å². The molecule has 1 aromatic rings. The lowest BCUT2D eigenvalue weighted by molar-refractivity contribution is -0.00851. The van der Waals surface area contributed by atoms with E-state index in [1.165, 1.54) is 25.9 Å². The van der Waals surface area contributed by atoms with E-state index in [-0.39, 0.29) is 5.91 Å². The highest BCUT2D eigenvalue weighted by atomic mass is 16.2. The molecule has 2 aliphatic heterocycles. The number of piperidine rings is 1. The maximum absolute atomic E-state index is 12.7. The first-order valence-corrected chi connectivity index (χ1v) is 9.75. The quantitative estimate of drug-likeness (QED) is 0.787. The first-order chi connectivity index (χ1) is 12.0. The van der Waals surface area contributed by atoms with E-state index in [4.69, 9.17) is 0 Å². The van der Waals surface area contributed by atoms with Gasteiger partial charge in [-0.15, -0.1) is 0 Å². The van der Waals surface area contributed by atoms with Crippen molar-refractivity contribution in [3.63, 3.8) is 0 Å². The van der Waals surface area contributed by atoms with Gasteiger partial charge in [-0.1, -0.05) is 13.8 Å². The molecule has 2 aliphatic rings. The van der Waals surface area contributed by atoms with E-state index in [9.17, 15) is 4.79 Å². The fraction of sp³-hybridized carbons (Fsp3) is 0.789. The molecule has 1 aromatic heterocycles. The molecule has 3 heterocycles. The highest BCUT2D eigenvalue weighted by Gasteiger charge is 2.39. The van der Waals surface area contributed by atoms with E-state index in [0.29, 0.717) is 18.0 Å². The maximum atomic E-state index is 12.7. The van der Waals surface area contributed by atoms with Crippen LogP contribution >= 0.6 is 0 Å². The minimum Gasteiger partial charge on any atom is -0.334 e. The molecule has 1 amide bonds. The fourth-order valence-corrected chi connectivity index (χ4v) is 4.10. The van der Waals surface area contributed by atoms with Crippen molar-refractivity contribution in [2.24, 2.45) is 5.92 Å². The molecule has 6 nitrogen and oxygen atoms in total. The molecule has 0 atom stereocenters. The third-order valence-electron chi connectivity index (χ3n) is 5.59. The summed E-state index contributed by atoms with van der Waals surface area (Å²) in [6.45, 7) is 12.6. The van der Waals surface area contributed by atoms with Crippen molar-refractivity contribution in [2.75, 3.05) is 39.8 Å². The van der Waals surface area contributed by atoms with Gasteiger partial charge in [-0.3, -0.25) is 14.4 Å². The largest absolute Gasteiger partial charge is 0.334 e. The number of rotatable bonds is 6. The average molecular weight is 348 g/mol. The SMILES string of the molecule is CCn1nccc1C(=O)N1CC(N(CC(C)C)C2CCN(C)CC2)C1. The van der Waals surface area contributed by atoms with Gasteiger partial charge in [0, 0.05) is 44.5 Å². The van der Waals surface area contributed by atoms with Crippen LogP contribution in [0.1, 0.15) is 44.1 Å². The molecule has 140 valence electrons. The molecule has 2 fully saturated rings. The van der Waals surface area contributed by atoms with Crippen molar-refractivity contribution < 1.29 is 4.79 Å². The normalized spacial score (nSPS) is 20.5. The summed E-state index contributed by atoms with van der Waals surface area (Å²) in [4.78, 5) is 19.8. The van der Waals surface area contributed by atoms with Crippen LogP contribution in [0.3, 0.4) is 0 Å². The second kappa shape index (κ2) is 7.87. The number of hydrogen-bond acceptors (Lipinski definition) is 4. The van der Waals surface area contributed by atoms with Gasteiger partial charge in [0.25, 0.3) is 5.91 Å². The first kappa shape index (κ1) is 18.4. The molecular weight excluding hydrogens is 314 g/mol. The van der Waals surface area contributed by atoms with Gasteiger partial charge in [-0.25, -0.2) is 0 Å². The Bertz CT molecular complexity index is 570. The summed E-state index contributed by atoms with van der Waals surface area (Å²) >= 11 is 0. The Balaban J connectivity index is 1.60. The van der Waals surface area contributed by atoms with Crippen LogP contribution in [-0.2, 0) is 6.54 Å². The van der Waals surface area contributed by atoms with E-state index in [2.05, 4.69) is 35.8 Å². The van der Waals surface area contributed by atoms with Crippen LogP contribution < -0.4 is 0 Å². The number of aromatic nitrogens is 2. The van der Waals surface area contributed by atoms with Gasteiger partial charge in [0.05, 0.1) is 0 Å². The Morgan fingerprint density at radius 1 is 1.28 bits per heavy atom. The van der Waals surface area contributed by atoms with Crippen molar-refractivity contribution in [1.82, 2.24) is 24.5 Å². The van der Waals surface area contributed by atoms with Crippen LogP contribution in [0.5, 0.6) is 0 Å². The minimum atomic E-state index is 0.128. The Hall–Kier alpha value is -1.40. The molecule has 6 heteroatoms. The number of carbonyl (C=O) groups is 1. The summed E-state index contributed by atoms with van der Waals surface area (Å²) < 4.78 is 1.79. The molecule has 0 N–H and O–H groups in total. The van der Waals surface area contributed by atoms with Gasteiger partial charge >= 0.3 is 0 Å². The second-order valence-electron chi connectivity index (χ2n) is 8.02. The van der Waals surface area contributed by atoms with Crippen LogP contribution in [0.4, 0.5) is 0 Å². The van der Waals surface area contributed by atoms with Crippen molar-refractivity contribution in [1.29, 1.82) is 0 Å². The molecule has 0 unspecified atom stereocenters. The number of hydrogen-bond donors (Lipinski definition) is 0. The second-order valence-corrected chi connectivity index (χ2v) is 8.02. The smallest absolute Gasteiger partial charge is 0.272 e. The van der Waals surface area contributed by atoms with Gasteiger partial charge in [0.1, 0.15) is 5.69 Å². The summed E-state index contributed by atoms with van der Waals surface area (Å²) in [5, 5.41) is 4.22. The van der Waals surface area contributed by atoms with Gasteiger partial charge in [-0.05, 0) is 51.9 Å². The van der Waals surface area contributed by atoms with Gasteiger partial charge < -0.3 is 9.80 Å². The summed E-state index contributed by atoms with van der Waals surface area (Å²) in [6, 6.07) is 3.02. The summed E-state index contributed by atoms with van der Waals surface area (Å²) in [6.07, 6.45) is 4.21. The standard InChI is InChI=1S/C19H33N5O/c1-5-24-18(6-9-20-24)19(25)22-13-17(14-22)23(12-15(2)3)16-7-10-21(4)11-8-16/h6,9,15-17H,5,7-8,10-14H2,1-4H3. The molecular formula is C19H33N5O. The van der Waals surface area contributed by atoms with E-state index in [0.717, 1.165) is 31.9 Å². The molecule has 25 heavy (non-hydrogen) atoms. The molecule has 0 aliphatic carbocycles. The van der Waals surface area contributed by atoms with Gasteiger partial charge in [0.15, 0.2) is 0 Å². The lowest BCUT2D eigenvalue weighted by atomic mass is 9.96. The van der Waals surface area contributed by atoms with Crippen molar-refractivity contribution in [3.8, 4) is 0 Å². The predicted molar refractivity (Wildman–Crippen MR) is 99.7 cm³/mol. The number of aryl methyl sites for hydroxylation is 1. The third kappa shape index (κ3) is 4.06. The van der Waals surface area contributed by atoms with Crippen LogP contribution in [0.15, 0.2) is 12.3 Å². The lowest BCUT2D eigenvalue weighted by Crippen LogP contribution is -2.64. The van der Waals surface area contributed by atoms with Crippen molar-refractivity contribution >= 4 is 5.91 Å². The summed E-state index contributed by atoms with van der Waals surface area (Å²) in [5.74, 6) is 0.786. The van der Waals surface area contributed by atoms with Gasteiger partial charge in [0.2, 0.25) is 0 Å². The van der Waals surface area contributed by atoms with E-state index >= 15 is 0 Å². The number of likely N-dealkylation sites (tertiary alicyclic amines) is 2. The Morgan fingerprint density at radius 3 is 2.56 bits per heavy atom. The first-order valence-electron chi connectivity index (χ1n) is 9.75. The molecule has 0 bridgehead atoms. The van der Waals surface area contributed by atoms with Gasteiger partial charge in [-0.2, -0.15) is 5.10 Å². The molecule has 0 spiro atoms. The molecule has 3 rings (SSSR count). The number of amides is 1. The summed E-state index contributed by atoms with van der Waals surface area (Å²) in [5.41, 5.74) is 0.718. The maximum Gasteiger partial charge on any atom is 0.272 e. The zero-order chi connectivity index (χ0) is 18.0. The zero-order valence-electron chi connectivity index (χ0n) is 16.2. The van der Waals surface area contributed by atoms with E-state index in [1.54, 1.807) is 10.9 Å². The number of carbonyl (C=O) groups excluding carboxylic acids is 1. The topological polar surface area (TPSA) is 44.6 Å².